The van der Waals surface area contributed by atoms with E-state index in [4.69, 9.17) is 21.1 Å². The molecule has 3 rings (SSSR count). The number of hydrogen-bond donors (Lipinski definition) is 1. The lowest BCUT2D eigenvalue weighted by Gasteiger charge is -2.10. The monoisotopic (exact) mass is 395 g/mol. The SMILES string of the molecule is O=C(COc1ccc(Cl)cc1)Nc1cccc(OCCCc2ccccc2)c1. The number of aryl methyl sites for hydroxylation is 1. The highest BCUT2D eigenvalue weighted by atomic mass is 35.5. The second-order valence-corrected chi connectivity index (χ2v) is 6.69. The van der Waals surface area contributed by atoms with Crippen molar-refractivity contribution in [1.82, 2.24) is 0 Å². The quantitative estimate of drug-likeness (QED) is 0.495. The van der Waals surface area contributed by atoms with Gasteiger partial charge in [-0.25, -0.2) is 0 Å². The molecule has 0 aliphatic rings. The molecule has 0 aliphatic carbocycles. The summed E-state index contributed by atoms with van der Waals surface area (Å²) in [4.78, 5) is 12.1. The van der Waals surface area contributed by atoms with Gasteiger partial charge in [0.1, 0.15) is 11.5 Å². The maximum Gasteiger partial charge on any atom is 0.262 e. The summed E-state index contributed by atoms with van der Waals surface area (Å²) < 4.78 is 11.2. The average molecular weight is 396 g/mol. The largest absolute Gasteiger partial charge is 0.494 e. The van der Waals surface area contributed by atoms with Gasteiger partial charge in [0.25, 0.3) is 5.91 Å². The third-order valence-corrected chi connectivity index (χ3v) is 4.27. The Labute approximate surface area is 170 Å². The van der Waals surface area contributed by atoms with E-state index in [9.17, 15) is 4.79 Å². The van der Waals surface area contributed by atoms with Crippen LogP contribution in [-0.4, -0.2) is 19.1 Å². The zero-order chi connectivity index (χ0) is 19.6. The van der Waals surface area contributed by atoms with Gasteiger partial charge in [0.2, 0.25) is 0 Å². The van der Waals surface area contributed by atoms with Crippen LogP contribution >= 0.6 is 11.6 Å². The number of ether oxygens (including phenoxy) is 2. The van der Waals surface area contributed by atoms with Crippen molar-refractivity contribution in [2.75, 3.05) is 18.5 Å². The van der Waals surface area contributed by atoms with Crippen LogP contribution in [0.15, 0.2) is 78.9 Å². The maximum atomic E-state index is 12.1. The first-order chi connectivity index (χ1) is 13.7. The molecule has 0 fully saturated rings. The minimum absolute atomic E-state index is 0.0796. The van der Waals surface area contributed by atoms with Crippen LogP contribution in [0.2, 0.25) is 5.02 Å². The summed E-state index contributed by atoms with van der Waals surface area (Å²) in [5.41, 5.74) is 1.97. The van der Waals surface area contributed by atoms with Gasteiger partial charge in [-0.15, -0.1) is 0 Å². The van der Waals surface area contributed by atoms with Gasteiger partial charge in [-0.2, -0.15) is 0 Å². The highest BCUT2D eigenvalue weighted by molar-refractivity contribution is 6.30. The van der Waals surface area contributed by atoms with Crippen LogP contribution in [-0.2, 0) is 11.2 Å². The van der Waals surface area contributed by atoms with Crippen molar-refractivity contribution in [3.63, 3.8) is 0 Å². The first-order valence-corrected chi connectivity index (χ1v) is 9.52. The van der Waals surface area contributed by atoms with E-state index in [2.05, 4.69) is 17.4 Å². The van der Waals surface area contributed by atoms with Gasteiger partial charge in [0.05, 0.1) is 6.61 Å². The molecular formula is C23H22ClNO3. The molecule has 0 saturated heterocycles. The molecule has 0 aromatic heterocycles. The Morgan fingerprint density at radius 2 is 1.64 bits per heavy atom. The fourth-order valence-corrected chi connectivity index (χ4v) is 2.78. The molecule has 28 heavy (non-hydrogen) atoms. The maximum absolute atomic E-state index is 12.1. The molecule has 1 amide bonds. The van der Waals surface area contributed by atoms with Gasteiger partial charge < -0.3 is 14.8 Å². The van der Waals surface area contributed by atoms with Crippen LogP contribution in [0.5, 0.6) is 11.5 Å². The van der Waals surface area contributed by atoms with Gasteiger partial charge in [-0.3, -0.25) is 4.79 Å². The van der Waals surface area contributed by atoms with Crippen LogP contribution in [0.25, 0.3) is 0 Å². The number of hydrogen-bond acceptors (Lipinski definition) is 3. The Kier molecular flexibility index (Phi) is 7.33. The zero-order valence-electron chi connectivity index (χ0n) is 15.4. The minimum atomic E-state index is -0.240. The van der Waals surface area contributed by atoms with Crippen molar-refractivity contribution >= 4 is 23.2 Å². The van der Waals surface area contributed by atoms with Gasteiger partial charge in [-0.1, -0.05) is 48.0 Å². The predicted octanol–water partition coefficient (Wildman–Crippen LogP) is 5.37. The molecule has 0 atom stereocenters. The van der Waals surface area contributed by atoms with Crippen molar-refractivity contribution in [2.45, 2.75) is 12.8 Å². The van der Waals surface area contributed by atoms with E-state index in [1.54, 1.807) is 24.3 Å². The van der Waals surface area contributed by atoms with Gasteiger partial charge in [0, 0.05) is 16.8 Å². The summed E-state index contributed by atoms with van der Waals surface area (Å²) in [5, 5.41) is 3.43. The van der Waals surface area contributed by atoms with Gasteiger partial charge in [-0.05, 0) is 54.8 Å². The summed E-state index contributed by atoms with van der Waals surface area (Å²) in [6.07, 6.45) is 1.90. The molecule has 0 aliphatic heterocycles. The van der Waals surface area contributed by atoms with E-state index in [-0.39, 0.29) is 12.5 Å². The van der Waals surface area contributed by atoms with Crippen molar-refractivity contribution in [3.8, 4) is 11.5 Å². The van der Waals surface area contributed by atoms with Crippen molar-refractivity contribution < 1.29 is 14.3 Å². The second kappa shape index (κ2) is 10.4. The number of halogens is 1. The smallest absolute Gasteiger partial charge is 0.262 e. The number of nitrogens with one attached hydrogen (secondary N) is 1. The number of anilines is 1. The predicted molar refractivity (Wildman–Crippen MR) is 112 cm³/mol. The van der Waals surface area contributed by atoms with Crippen LogP contribution < -0.4 is 14.8 Å². The lowest BCUT2D eigenvalue weighted by molar-refractivity contribution is -0.118. The highest BCUT2D eigenvalue weighted by Crippen LogP contribution is 2.18. The average Bonchev–Trinajstić information content (AvgIpc) is 2.72. The molecule has 1 N–H and O–H groups in total. The normalized spacial score (nSPS) is 10.3. The fraction of sp³-hybridized carbons (Fsp3) is 0.174. The molecule has 4 nitrogen and oxygen atoms in total. The lowest BCUT2D eigenvalue weighted by atomic mass is 10.1. The molecule has 3 aromatic carbocycles. The van der Waals surface area contributed by atoms with Crippen LogP contribution in [0.1, 0.15) is 12.0 Å². The van der Waals surface area contributed by atoms with Crippen LogP contribution in [0, 0.1) is 0 Å². The number of rotatable bonds is 9. The number of amides is 1. The Balaban J connectivity index is 1.42. The molecule has 144 valence electrons. The number of carbonyl (C=O) groups excluding carboxylic acids is 1. The molecule has 5 heteroatoms. The van der Waals surface area contributed by atoms with Crippen molar-refractivity contribution in [1.29, 1.82) is 0 Å². The van der Waals surface area contributed by atoms with E-state index >= 15 is 0 Å². The molecule has 0 saturated carbocycles. The standard InChI is InChI=1S/C23H22ClNO3/c24-19-11-13-21(14-12-19)28-17-23(26)25-20-9-4-10-22(16-20)27-15-5-8-18-6-2-1-3-7-18/h1-4,6-7,9-14,16H,5,8,15,17H2,(H,25,26). The third kappa shape index (κ3) is 6.63. The second-order valence-electron chi connectivity index (χ2n) is 6.26. The van der Waals surface area contributed by atoms with Crippen LogP contribution in [0.4, 0.5) is 5.69 Å². The summed E-state index contributed by atoms with van der Waals surface area (Å²) in [6, 6.07) is 24.5. The third-order valence-electron chi connectivity index (χ3n) is 4.02. The Morgan fingerprint density at radius 1 is 0.857 bits per heavy atom. The lowest BCUT2D eigenvalue weighted by Crippen LogP contribution is -2.20. The van der Waals surface area contributed by atoms with Crippen molar-refractivity contribution in [3.05, 3.63) is 89.4 Å². The van der Waals surface area contributed by atoms with Gasteiger partial charge in [0.15, 0.2) is 6.61 Å². The number of carbonyl (C=O) groups is 1. The molecule has 3 aromatic rings. The van der Waals surface area contributed by atoms with Crippen LogP contribution in [0.3, 0.4) is 0 Å². The summed E-state index contributed by atoms with van der Waals surface area (Å²) in [6.45, 7) is 0.537. The summed E-state index contributed by atoms with van der Waals surface area (Å²) >= 11 is 5.83. The Bertz CT molecular complexity index is 882. The molecule has 0 radical (unpaired) electrons. The first kappa shape index (κ1) is 19.8. The van der Waals surface area contributed by atoms with E-state index in [0.29, 0.717) is 23.1 Å². The van der Waals surface area contributed by atoms with Crippen molar-refractivity contribution in [2.24, 2.45) is 0 Å². The molecular weight excluding hydrogens is 374 g/mol. The Hall–Kier alpha value is -2.98. The first-order valence-electron chi connectivity index (χ1n) is 9.14. The molecule has 0 heterocycles. The molecule has 0 spiro atoms. The van der Waals surface area contributed by atoms with E-state index in [1.807, 2.05) is 42.5 Å². The van der Waals surface area contributed by atoms with E-state index in [1.165, 1.54) is 5.56 Å². The summed E-state index contributed by atoms with van der Waals surface area (Å²) in [7, 11) is 0. The summed E-state index contributed by atoms with van der Waals surface area (Å²) in [5.74, 6) is 1.08. The molecule has 0 bridgehead atoms. The topological polar surface area (TPSA) is 47.6 Å². The highest BCUT2D eigenvalue weighted by Gasteiger charge is 2.05. The van der Waals surface area contributed by atoms with E-state index in [0.717, 1.165) is 18.6 Å². The number of benzene rings is 3. The van der Waals surface area contributed by atoms with Gasteiger partial charge >= 0.3 is 0 Å². The zero-order valence-corrected chi connectivity index (χ0v) is 16.2. The Morgan fingerprint density at radius 3 is 2.43 bits per heavy atom. The minimum Gasteiger partial charge on any atom is -0.494 e. The van der Waals surface area contributed by atoms with E-state index < -0.39 is 0 Å². The fourth-order valence-electron chi connectivity index (χ4n) is 2.65. The molecule has 0 unspecified atom stereocenters.